The molecular weight excluding hydrogens is 395 g/mol. The molecule has 2 fully saturated rings. The predicted octanol–water partition coefficient (Wildman–Crippen LogP) is 3.50. The molecule has 1 unspecified atom stereocenters. The Morgan fingerprint density at radius 2 is 1.93 bits per heavy atom. The van der Waals surface area contributed by atoms with Gasteiger partial charge < -0.3 is 10.6 Å². The third-order valence-corrected chi connectivity index (χ3v) is 5.50. The molecule has 148 valence electrons. The van der Waals surface area contributed by atoms with Crippen LogP contribution in [0.5, 0.6) is 0 Å². The molecule has 1 aliphatic heterocycles. The molecule has 2 atom stereocenters. The van der Waals surface area contributed by atoms with Gasteiger partial charge in [-0.15, -0.1) is 0 Å². The first-order valence-corrected chi connectivity index (χ1v) is 8.73. The van der Waals surface area contributed by atoms with Gasteiger partial charge in [0.25, 0.3) is 0 Å². The minimum absolute atomic E-state index is 0.0545. The SMILES string of the molecule is O=C1C[C@H](C(=O)NC(c2ccc(F)c(Cl)c2F)C2CC(C(F)(F)F)C2)CN1. The summed E-state index contributed by atoms with van der Waals surface area (Å²) in [6, 6.07) is 0.880. The average molecular weight is 411 g/mol. The van der Waals surface area contributed by atoms with Crippen molar-refractivity contribution < 1.29 is 31.5 Å². The topological polar surface area (TPSA) is 58.2 Å². The molecule has 1 aromatic carbocycles. The summed E-state index contributed by atoms with van der Waals surface area (Å²) < 4.78 is 66.3. The minimum atomic E-state index is -4.37. The lowest BCUT2D eigenvalue weighted by molar-refractivity contribution is -0.207. The van der Waals surface area contributed by atoms with Crippen molar-refractivity contribution >= 4 is 23.4 Å². The fourth-order valence-corrected chi connectivity index (χ4v) is 3.67. The Hall–Kier alpha value is -1.90. The number of hydrogen-bond donors (Lipinski definition) is 2. The zero-order valence-electron chi connectivity index (χ0n) is 13.9. The Morgan fingerprint density at radius 1 is 1.26 bits per heavy atom. The molecule has 1 heterocycles. The molecule has 2 N–H and O–H groups in total. The molecule has 27 heavy (non-hydrogen) atoms. The van der Waals surface area contributed by atoms with Gasteiger partial charge >= 0.3 is 6.18 Å². The highest BCUT2D eigenvalue weighted by molar-refractivity contribution is 6.31. The van der Waals surface area contributed by atoms with Crippen LogP contribution < -0.4 is 10.6 Å². The largest absolute Gasteiger partial charge is 0.391 e. The Labute approximate surface area is 156 Å². The second-order valence-corrected chi connectivity index (χ2v) is 7.30. The third-order valence-electron chi connectivity index (χ3n) is 5.15. The molecule has 0 radical (unpaired) electrons. The molecule has 0 spiro atoms. The quantitative estimate of drug-likeness (QED) is 0.589. The van der Waals surface area contributed by atoms with Crippen molar-refractivity contribution in [3.8, 4) is 0 Å². The van der Waals surface area contributed by atoms with Crippen molar-refractivity contribution in [1.29, 1.82) is 0 Å². The van der Waals surface area contributed by atoms with Gasteiger partial charge in [0.05, 0.1) is 17.9 Å². The zero-order chi connectivity index (χ0) is 19.9. The van der Waals surface area contributed by atoms with E-state index in [4.69, 9.17) is 11.6 Å². The Kier molecular flexibility index (Phi) is 5.33. The van der Waals surface area contributed by atoms with Crippen LogP contribution in [0, 0.1) is 29.4 Å². The first-order chi connectivity index (χ1) is 12.6. The maximum Gasteiger partial charge on any atom is 0.391 e. The number of rotatable bonds is 4. The van der Waals surface area contributed by atoms with Gasteiger partial charge in [0.1, 0.15) is 16.7 Å². The summed E-state index contributed by atoms with van der Waals surface area (Å²) in [5, 5.41) is 4.24. The number of carbonyl (C=O) groups excluding carboxylic acids is 2. The van der Waals surface area contributed by atoms with Crippen molar-refractivity contribution in [3.05, 3.63) is 34.4 Å². The standard InChI is InChI=1S/C17H16ClF5N2O2/c18-13-11(19)2-1-10(14(13)20)15(7-3-9(4-7)17(21,22)23)25-16(27)8-5-12(26)24-6-8/h1-2,7-9,15H,3-6H2,(H,24,26)(H,25,27)/t7?,8-,9?,15?/m0/s1. The normalized spacial score (nSPS) is 26.3. The highest BCUT2D eigenvalue weighted by Crippen LogP contribution is 2.50. The van der Waals surface area contributed by atoms with Crippen LogP contribution in [0.4, 0.5) is 22.0 Å². The van der Waals surface area contributed by atoms with Crippen molar-refractivity contribution in [2.45, 2.75) is 31.5 Å². The van der Waals surface area contributed by atoms with Gasteiger partial charge in [-0.1, -0.05) is 17.7 Å². The van der Waals surface area contributed by atoms with Gasteiger partial charge in [0.2, 0.25) is 11.8 Å². The van der Waals surface area contributed by atoms with E-state index in [0.29, 0.717) is 0 Å². The molecular formula is C17H16ClF5N2O2. The van der Waals surface area contributed by atoms with Crippen LogP contribution in [-0.4, -0.2) is 24.5 Å². The number of nitrogens with one attached hydrogen (secondary N) is 2. The second-order valence-electron chi connectivity index (χ2n) is 6.93. The van der Waals surface area contributed by atoms with Crippen LogP contribution in [0.25, 0.3) is 0 Å². The van der Waals surface area contributed by atoms with Crippen LogP contribution in [0.3, 0.4) is 0 Å². The smallest absolute Gasteiger partial charge is 0.355 e. The second kappa shape index (κ2) is 7.26. The number of amides is 2. The number of carbonyl (C=O) groups is 2. The Balaban J connectivity index is 1.83. The number of alkyl halides is 3. The molecule has 0 aromatic heterocycles. The Bertz CT molecular complexity index is 764. The molecule has 2 aliphatic rings. The summed E-state index contributed by atoms with van der Waals surface area (Å²) in [5.74, 6) is -5.92. The number of benzene rings is 1. The molecule has 0 bridgehead atoms. The monoisotopic (exact) mass is 410 g/mol. The van der Waals surface area contributed by atoms with Gasteiger partial charge in [-0.2, -0.15) is 13.2 Å². The van der Waals surface area contributed by atoms with E-state index < -0.39 is 52.5 Å². The summed E-state index contributed by atoms with van der Waals surface area (Å²) in [6.07, 6.45) is -5.00. The molecule has 1 aliphatic carbocycles. The first-order valence-electron chi connectivity index (χ1n) is 8.35. The fourth-order valence-electron chi connectivity index (χ4n) is 3.49. The van der Waals surface area contributed by atoms with Crippen molar-refractivity contribution in [1.82, 2.24) is 10.6 Å². The van der Waals surface area contributed by atoms with Crippen LogP contribution in [0.15, 0.2) is 12.1 Å². The van der Waals surface area contributed by atoms with E-state index in [1.165, 1.54) is 0 Å². The lowest BCUT2D eigenvalue weighted by Gasteiger charge is -2.42. The third kappa shape index (κ3) is 4.02. The lowest BCUT2D eigenvalue weighted by Crippen LogP contribution is -2.45. The van der Waals surface area contributed by atoms with E-state index >= 15 is 0 Å². The van der Waals surface area contributed by atoms with Crippen LogP contribution in [0.2, 0.25) is 5.02 Å². The summed E-state index contributed by atoms with van der Waals surface area (Å²) >= 11 is 5.58. The summed E-state index contributed by atoms with van der Waals surface area (Å²) in [5.41, 5.74) is -0.169. The highest BCUT2D eigenvalue weighted by Gasteiger charge is 2.51. The van der Waals surface area contributed by atoms with Gasteiger partial charge in [0.15, 0.2) is 0 Å². The minimum Gasteiger partial charge on any atom is -0.355 e. The molecule has 2 amide bonds. The summed E-state index contributed by atoms with van der Waals surface area (Å²) in [4.78, 5) is 23.7. The van der Waals surface area contributed by atoms with E-state index in [-0.39, 0.29) is 37.3 Å². The van der Waals surface area contributed by atoms with E-state index in [0.717, 1.165) is 12.1 Å². The molecule has 1 aromatic rings. The van der Waals surface area contributed by atoms with Gasteiger partial charge in [0, 0.05) is 18.5 Å². The van der Waals surface area contributed by atoms with E-state index in [1.807, 2.05) is 0 Å². The summed E-state index contributed by atoms with van der Waals surface area (Å²) in [7, 11) is 0. The van der Waals surface area contributed by atoms with E-state index in [2.05, 4.69) is 10.6 Å². The molecule has 4 nitrogen and oxygen atoms in total. The maximum atomic E-state index is 14.4. The fraction of sp³-hybridized carbons (Fsp3) is 0.529. The lowest BCUT2D eigenvalue weighted by atomic mass is 9.69. The molecule has 1 saturated heterocycles. The molecule has 10 heteroatoms. The molecule has 3 rings (SSSR count). The Morgan fingerprint density at radius 3 is 2.48 bits per heavy atom. The van der Waals surface area contributed by atoms with E-state index in [9.17, 15) is 31.5 Å². The summed E-state index contributed by atoms with van der Waals surface area (Å²) in [6.45, 7) is 0.0971. The van der Waals surface area contributed by atoms with E-state index in [1.54, 1.807) is 0 Å². The molecule has 1 saturated carbocycles. The van der Waals surface area contributed by atoms with Crippen molar-refractivity contribution in [3.63, 3.8) is 0 Å². The number of halogens is 6. The van der Waals surface area contributed by atoms with Gasteiger partial charge in [-0.05, 0) is 24.8 Å². The first kappa shape index (κ1) is 19.9. The maximum absolute atomic E-state index is 14.4. The van der Waals surface area contributed by atoms with Gasteiger partial charge in [-0.3, -0.25) is 9.59 Å². The van der Waals surface area contributed by atoms with Crippen LogP contribution in [-0.2, 0) is 9.59 Å². The van der Waals surface area contributed by atoms with Crippen LogP contribution in [0.1, 0.15) is 30.9 Å². The van der Waals surface area contributed by atoms with Crippen LogP contribution >= 0.6 is 11.6 Å². The van der Waals surface area contributed by atoms with Crippen molar-refractivity contribution in [2.24, 2.45) is 17.8 Å². The van der Waals surface area contributed by atoms with Crippen molar-refractivity contribution in [2.75, 3.05) is 6.54 Å². The zero-order valence-corrected chi connectivity index (χ0v) is 14.6. The van der Waals surface area contributed by atoms with Gasteiger partial charge in [-0.25, -0.2) is 8.78 Å². The predicted molar refractivity (Wildman–Crippen MR) is 85.6 cm³/mol. The average Bonchev–Trinajstić information content (AvgIpc) is 2.96. The highest BCUT2D eigenvalue weighted by atomic mass is 35.5. The number of hydrogen-bond acceptors (Lipinski definition) is 2.